The van der Waals surface area contributed by atoms with Gasteiger partial charge in [0.1, 0.15) is 5.75 Å². The molecule has 1 aromatic rings. The van der Waals surface area contributed by atoms with E-state index in [2.05, 4.69) is 20.9 Å². The highest BCUT2D eigenvalue weighted by atomic mass is 79.9. The molecule has 1 heterocycles. The van der Waals surface area contributed by atoms with Gasteiger partial charge in [0.2, 0.25) is 0 Å². The molecule has 0 atom stereocenters. The van der Waals surface area contributed by atoms with Crippen LogP contribution in [0.5, 0.6) is 5.75 Å². The molecule has 0 amide bonds. The number of hydrogen-bond donors (Lipinski definition) is 0. The summed E-state index contributed by atoms with van der Waals surface area (Å²) in [5.74, 6) is 0.870. The first kappa shape index (κ1) is 8.05. The molecule has 1 aromatic heterocycles. The van der Waals surface area contributed by atoms with Crippen LogP contribution in [0.1, 0.15) is 19.3 Å². The molecule has 1 fully saturated rings. The summed E-state index contributed by atoms with van der Waals surface area (Å²) in [4.78, 5) is 4.02. The van der Waals surface area contributed by atoms with E-state index in [1.165, 1.54) is 19.3 Å². The maximum atomic E-state index is 5.64. The first-order valence-corrected chi connectivity index (χ1v) is 4.91. The number of pyridine rings is 1. The molecule has 2 rings (SSSR count). The summed E-state index contributed by atoms with van der Waals surface area (Å²) in [6.07, 6.45) is 7.61. The first-order chi connectivity index (χ1) is 5.84. The lowest BCUT2D eigenvalue weighted by Crippen LogP contribution is -2.24. The molecule has 0 saturated heterocycles. The van der Waals surface area contributed by atoms with Crippen molar-refractivity contribution in [1.29, 1.82) is 0 Å². The monoisotopic (exact) mass is 227 g/mol. The van der Waals surface area contributed by atoms with E-state index in [1.54, 1.807) is 12.4 Å². The van der Waals surface area contributed by atoms with Gasteiger partial charge in [-0.05, 0) is 41.3 Å². The Morgan fingerprint density at radius 1 is 1.42 bits per heavy atom. The van der Waals surface area contributed by atoms with Gasteiger partial charge in [-0.1, -0.05) is 0 Å². The molecular formula is C9H10BrNO. The quantitative estimate of drug-likeness (QED) is 0.776. The average Bonchev–Trinajstić information content (AvgIpc) is 1.97. The van der Waals surface area contributed by atoms with E-state index < -0.39 is 0 Å². The zero-order chi connectivity index (χ0) is 8.39. The standard InChI is InChI=1S/C9H10BrNO/c10-7-4-9(6-11-5-7)12-8-2-1-3-8/h4-6,8H,1-3H2. The largest absolute Gasteiger partial charge is 0.489 e. The fourth-order valence-electron chi connectivity index (χ4n) is 1.14. The molecule has 3 heteroatoms. The maximum absolute atomic E-state index is 5.64. The van der Waals surface area contributed by atoms with Crippen LogP contribution in [0.3, 0.4) is 0 Å². The van der Waals surface area contributed by atoms with Crippen molar-refractivity contribution in [1.82, 2.24) is 4.98 Å². The molecule has 0 bridgehead atoms. The fraction of sp³-hybridized carbons (Fsp3) is 0.444. The summed E-state index contributed by atoms with van der Waals surface area (Å²) in [7, 11) is 0. The molecule has 1 aliphatic rings. The normalized spacial score (nSPS) is 17.1. The van der Waals surface area contributed by atoms with Gasteiger partial charge in [0.05, 0.1) is 12.3 Å². The summed E-state index contributed by atoms with van der Waals surface area (Å²) < 4.78 is 6.61. The Labute approximate surface area is 80.1 Å². The molecule has 1 saturated carbocycles. The lowest BCUT2D eigenvalue weighted by Gasteiger charge is -2.26. The molecule has 0 spiro atoms. The number of aromatic nitrogens is 1. The third kappa shape index (κ3) is 1.78. The van der Waals surface area contributed by atoms with E-state index in [0.29, 0.717) is 6.10 Å². The molecule has 0 aromatic carbocycles. The molecule has 0 radical (unpaired) electrons. The molecule has 0 aliphatic heterocycles. The summed E-state index contributed by atoms with van der Waals surface area (Å²) in [5.41, 5.74) is 0. The third-order valence-corrected chi connectivity index (χ3v) is 2.47. The van der Waals surface area contributed by atoms with Gasteiger partial charge in [-0.3, -0.25) is 4.98 Å². The predicted octanol–water partition coefficient (Wildman–Crippen LogP) is 2.78. The van der Waals surface area contributed by atoms with Crippen LogP contribution < -0.4 is 4.74 Å². The van der Waals surface area contributed by atoms with Crippen molar-refractivity contribution < 1.29 is 4.74 Å². The average molecular weight is 228 g/mol. The van der Waals surface area contributed by atoms with E-state index in [1.807, 2.05) is 6.07 Å². The van der Waals surface area contributed by atoms with Gasteiger partial charge in [0.15, 0.2) is 0 Å². The van der Waals surface area contributed by atoms with Gasteiger partial charge in [0.25, 0.3) is 0 Å². The Morgan fingerprint density at radius 3 is 2.83 bits per heavy atom. The van der Waals surface area contributed by atoms with Crippen molar-refractivity contribution >= 4 is 15.9 Å². The van der Waals surface area contributed by atoms with Crippen molar-refractivity contribution in [2.24, 2.45) is 0 Å². The van der Waals surface area contributed by atoms with Crippen LogP contribution in [-0.4, -0.2) is 11.1 Å². The van der Waals surface area contributed by atoms with Crippen LogP contribution in [0.4, 0.5) is 0 Å². The third-order valence-electron chi connectivity index (χ3n) is 2.03. The van der Waals surface area contributed by atoms with Crippen LogP contribution in [0.15, 0.2) is 22.9 Å². The van der Waals surface area contributed by atoms with E-state index in [4.69, 9.17) is 4.74 Å². The van der Waals surface area contributed by atoms with Crippen LogP contribution in [0, 0.1) is 0 Å². The van der Waals surface area contributed by atoms with Gasteiger partial charge < -0.3 is 4.74 Å². The molecule has 12 heavy (non-hydrogen) atoms. The number of ether oxygens (including phenoxy) is 1. The van der Waals surface area contributed by atoms with Gasteiger partial charge in [0, 0.05) is 10.7 Å². The summed E-state index contributed by atoms with van der Waals surface area (Å²) in [6, 6.07) is 1.95. The summed E-state index contributed by atoms with van der Waals surface area (Å²) in [5, 5.41) is 0. The molecular weight excluding hydrogens is 218 g/mol. The Hall–Kier alpha value is -0.570. The second-order valence-corrected chi connectivity index (χ2v) is 3.93. The van der Waals surface area contributed by atoms with E-state index in [-0.39, 0.29) is 0 Å². The highest BCUT2D eigenvalue weighted by molar-refractivity contribution is 9.10. The molecule has 0 N–H and O–H groups in total. The minimum atomic E-state index is 0.432. The zero-order valence-electron chi connectivity index (χ0n) is 6.66. The summed E-state index contributed by atoms with van der Waals surface area (Å²) >= 11 is 3.35. The zero-order valence-corrected chi connectivity index (χ0v) is 8.25. The second-order valence-electron chi connectivity index (χ2n) is 3.01. The summed E-state index contributed by atoms with van der Waals surface area (Å²) in [6.45, 7) is 0. The SMILES string of the molecule is Brc1cncc(OC2CCC2)c1. The Balaban J connectivity index is 2.02. The van der Waals surface area contributed by atoms with Crippen molar-refractivity contribution in [3.63, 3.8) is 0 Å². The van der Waals surface area contributed by atoms with Gasteiger partial charge >= 0.3 is 0 Å². The minimum Gasteiger partial charge on any atom is -0.489 e. The molecule has 64 valence electrons. The first-order valence-electron chi connectivity index (χ1n) is 4.12. The molecule has 1 aliphatic carbocycles. The predicted molar refractivity (Wildman–Crippen MR) is 50.2 cm³/mol. The lowest BCUT2D eigenvalue weighted by atomic mass is 9.96. The maximum Gasteiger partial charge on any atom is 0.139 e. The number of hydrogen-bond acceptors (Lipinski definition) is 2. The minimum absolute atomic E-state index is 0.432. The lowest BCUT2D eigenvalue weighted by molar-refractivity contribution is 0.120. The second kappa shape index (κ2) is 3.44. The highest BCUT2D eigenvalue weighted by Crippen LogP contribution is 2.25. The number of halogens is 1. The van der Waals surface area contributed by atoms with E-state index in [9.17, 15) is 0 Å². The Morgan fingerprint density at radius 2 is 2.25 bits per heavy atom. The van der Waals surface area contributed by atoms with Gasteiger partial charge in [-0.2, -0.15) is 0 Å². The van der Waals surface area contributed by atoms with E-state index in [0.717, 1.165) is 10.2 Å². The van der Waals surface area contributed by atoms with Crippen molar-refractivity contribution in [2.75, 3.05) is 0 Å². The van der Waals surface area contributed by atoms with E-state index >= 15 is 0 Å². The highest BCUT2D eigenvalue weighted by Gasteiger charge is 2.18. The Bertz CT molecular complexity index is 273. The van der Waals surface area contributed by atoms with Crippen molar-refractivity contribution in [3.05, 3.63) is 22.9 Å². The van der Waals surface area contributed by atoms with Crippen LogP contribution in [-0.2, 0) is 0 Å². The Kier molecular flexibility index (Phi) is 2.30. The number of nitrogens with zero attached hydrogens (tertiary/aromatic N) is 1. The van der Waals surface area contributed by atoms with Crippen molar-refractivity contribution in [2.45, 2.75) is 25.4 Å². The molecule has 2 nitrogen and oxygen atoms in total. The van der Waals surface area contributed by atoms with Gasteiger partial charge in [-0.25, -0.2) is 0 Å². The van der Waals surface area contributed by atoms with Crippen LogP contribution in [0.25, 0.3) is 0 Å². The number of rotatable bonds is 2. The van der Waals surface area contributed by atoms with Crippen LogP contribution >= 0.6 is 15.9 Å². The van der Waals surface area contributed by atoms with Crippen LogP contribution in [0.2, 0.25) is 0 Å². The van der Waals surface area contributed by atoms with Gasteiger partial charge in [-0.15, -0.1) is 0 Å². The fourth-order valence-corrected chi connectivity index (χ4v) is 1.48. The smallest absolute Gasteiger partial charge is 0.139 e. The topological polar surface area (TPSA) is 22.1 Å². The molecule has 0 unspecified atom stereocenters. The van der Waals surface area contributed by atoms with Crippen molar-refractivity contribution in [3.8, 4) is 5.75 Å².